The quantitative estimate of drug-likeness (QED) is 0.783. The summed E-state index contributed by atoms with van der Waals surface area (Å²) in [6.07, 6.45) is 0.741. The van der Waals surface area contributed by atoms with Crippen LogP contribution >= 0.6 is 0 Å². The number of aromatic nitrogens is 2. The van der Waals surface area contributed by atoms with Crippen molar-refractivity contribution in [1.82, 2.24) is 10.1 Å². The largest absolute Gasteiger partial charge is 0.383 e. The van der Waals surface area contributed by atoms with E-state index in [1.54, 1.807) is 14.2 Å². The van der Waals surface area contributed by atoms with Gasteiger partial charge in [-0.15, -0.1) is 0 Å². The molecule has 0 fully saturated rings. The smallest absolute Gasteiger partial charge is 0.258 e. The molecule has 92 valence electrons. The van der Waals surface area contributed by atoms with Gasteiger partial charge in [-0.1, -0.05) is 12.1 Å². The summed E-state index contributed by atoms with van der Waals surface area (Å²) in [5.74, 6) is 0.882. The van der Waals surface area contributed by atoms with E-state index < -0.39 is 5.60 Å². The maximum Gasteiger partial charge on any atom is 0.258 e. The molecular weight excluding hydrogens is 210 g/mol. The minimum absolute atomic E-state index is 0.356. The van der Waals surface area contributed by atoms with Crippen LogP contribution in [0.25, 0.3) is 0 Å². The van der Waals surface area contributed by atoms with E-state index >= 15 is 0 Å². The van der Waals surface area contributed by atoms with Crippen LogP contribution in [0.2, 0.25) is 0 Å². The van der Waals surface area contributed by atoms with Crippen molar-refractivity contribution >= 4 is 0 Å². The summed E-state index contributed by atoms with van der Waals surface area (Å²) in [6.45, 7) is 4.24. The van der Waals surface area contributed by atoms with Gasteiger partial charge < -0.3 is 19.7 Å². The highest BCUT2D eigenvalue weighted by Crippen LogP contribution is 2.27. The Morgan fingerprint density at radius 1 is 1.50 bits per heavy atom. The molecule has 16 heavy (non-hydrogen) atoms. The molecule has 0 radical (unpaired) electrons. The molecule has 0 aliphatic carbocycles. The lowest BCUT2D eigenvalue weighted by Gasteiger charge is -2.21. The second kappa shape index (κ2) is 5.38. The van der Waals surface area contributed by atoms with E-state index in [1.807, 2.05) is 13.8 Å². The third kappa shape index (κ3) is 2.58. The molecule has 0 spiro atoms. The molecule has 0 amide bonds. The maximum atomic E-state index is 5.79. The number of ether oxygens (including phenoxy) is 2. The Hall–Kier alpha value is -0.980. The second-order valence-electron chi connectivity index (χ2n) is 3.81. The molecule has 1 rings (SSSR count). The number of nitrogens with zero attached hydrogens (tertiary/aromatic N) is 2. The third-order valence-electron chi connectivity index (χ3n) is 2.70. The SMILES string of the molecule is CCC(C)(OC)c1nc(C(N)COC)no1. The van der Waals surface area contributed by atoms with Crippen LogP contribution in [-0.2, 0) is 15.1 Å². The minimum Gasteiger partial charge on any atom is -0.383 e. The second-order valence-corrected chi connectivity index (χ2v) is 3.81. The molecule has 6 heteroatoms. The number of hydrogen-bond acceptors (Lipinski definition) is 6. The Bertz CT molecular complexity index is 323. The van der Waals surface area contributed by atoms with Crippen molar-refractivity contribution in [2.75, 3.05) is 20.8 Å². The highest BCUT2D eigenvalue weighted by molar-refractivity contribution is 5.00. The molecule has 1 aromatic rings. The van der Waals surface area contributed by atoms with Crippen LogP contribution in [0.15, 0.2) is 4.52 Å². The van der Waals surface area contributed by atoms with E-state index in [-0.39, 0.29) is 6.04 Å². The van der Waals surface area contributed by atoms with Gasteiger partial charge in [-0.3, -0.25) is 0 Å². The molecule has 1 aromatic heterocycles. The number of rotatable bonds is 6. The summed E-state index contributed by atoms with van der Waals surface area (Å²) < 4.78 is 15.4. The Morgan fingerprint density at radius 3 is 2.69 bits per heavy atom. The van der Waals surface area contributed by atoms with Crippen molar-refractivity contribution in [3.63, 3.8) is 0 Å². The van der Waals surface area contributed by atoms with Crippen LogP contribution in [0, 0.1) is 0 Å². The van der Waals surface area contributed by atoms with Crippen LogP contribution in [0.4, 0.5) is 0 Å². The average Bonchev–Trinajstić information content (AvgIpc) is 2.78. The Balaban J connectivity index is 2.85. The van der Waals surface area contributed by atoms with Crippen LogP contribution in [-0.4, -0.2) is 31.0 Å². The summed E-state index contributed by atoms with van der Waals surface area (Å²) in [7, 11) is 3.19. The first-order valence-electron chi connectivity index (χ1n) is 5.21. The number of methoxy groups -OCH3 is 2. The molecule has 0 saturated carbocycles. The molecule has 1 heterocycles. The van der Waals surface area contributed by atoms with Gasteiger partial charge in [-0.25, -0.2) is 0 Å². The first kappa shape index (κ1) is 13.1. The van der Waals surface area contributed by atoms with Gasteiger partial charge in [0.15, 0.2) is 5.82 Å². The highest BCUT2D eigenvalue weighted by atomic mass is 16.5. The predicted molar refractivity (Wildman–Crippen MR) is 57.8 cm³/mol. The van der Waals surface area contributed by atoms with Gasteiger partial charge in [0.05, 0.1) is 12.6 Å². The topological polar surface area (TPSA) is 83.4 Å². The molecule has 0 aliphatic rings. The Labute approximate surface area is 95.1 Å². The van der Waals surface area contributed by atoms with Crippen LogP contribution < -0.4 is 5.73 Å². The van der Waals surface area contributed by atoms with Crippen LogP contribution in [0.1, 0.15) is 38.0 Å². The third-order valence-corrected chi connectivity index (χ3v) is 2.70. The first-order chi connectivity index (χ1) is 7.57. The zero-order valence-electron chi connectivity index (χ0n) is 10.2. The fourth-order valence-electron chi connectivity index (χ4n) is 1.24. The monoisotopic (exact) mass is 229 g/mol. The lowest BCUT2D eigenvalue weighted by atomic mass is 10.0. The zero-order valence-corrected chi connectivity index (χ0v) is 10.2. The normalized spacial score (nSPS) is 17.1. The standard InChI is InChI=1S/C10H19N3O3/c1-5-10(2,15-4)9-12-8(13-16-9)7(11)6-14-3/h7H,5-6,11H2,1-4H3. The van der Waals surface area contributed by atoms with E-state index in [0.29, 0.717) is 18.3 Å². The molecule has 0 aromatic carbocycles. The Morgan fingerprint density at radius 2 is 2.19 bits per heavy atom. The maximum absolute atomic E-state index is 5.79. The summed E-state index contributed by atoms with van der Waals surface area (Å²) in [6, 6.07) is -0.375. The van der Waals surface area contributed by atoms with Crippen molar-refractivity contribution in [2.45, 2.75) is 31.9 Å². The molecule has 2 atom stereocenters. The van der Waals surface area contributed by atoms with E-state index in [4.69, 9.17) is 19.7 Å². The van der Waals surface area contributed by atoms with Gasteiger partial charge in [0.2, 0.25) is 0 Å². The van der Waals surface area contributed by atoms with Crippen molar-refractivity contribution in [2.24, 2.45) is 5.73 Å². The van der Waals surface area contributed by atoms with Crippen molar-refractivity contribution in [1.29, 1.82) is 0 Å². The van der Waals surface area contributed by atoms with Gasteiger partial charge in [-0.2, -0.15) is 4.98 Å². The van der Waals surface area contributed by atoms with Crippen molar-refractivity contribution in [3.05, 3.63) is 11.7 Å². The van der Waals surface area contributed by atoms with Crippen molar-refractivity contribution in [3.8, 4) is 0 Å². The number of nitrogens with two attached hydrogens (primary N) is 1. The molecule has 0 saturated heterocycles. The van der Waals surface area contributed by atoms with Gasteiger partial charge in [0, 0.05) is 14.2 Å². The van der Waals surface area contributed by atoms with E-state index in [2.05, 4.69) is 10.1 Å². The molecule has 0 aliphatic heterocycles. The molecule has 6 nitrogen and oxygen atoms in total. The minimum atomic E-state index is -0.557. The van der Waals surface area contributed by atoms with E-state index in [0.717, 1.165) is 6.42 Å². The molecule has 2 unspecified atom stereocenters. The first-order valence-corrected chi connectivity index (χ1v) is 5.21. The van der Waals surface area contributed by atoms with Crippen LogP contribution in [0.5, 0.6) is 0 Å². The van der Waals surface area contributed by atoms with Gasteiger partial charge >= 0.3 is 0 Å². The zero-order chi connectivity index (χ0) is 12.2. The van der Waals surface area contributed by atoms with Gasteiger partial charge in [-0.05, 0) is 13.3 Å². The molecule has 0 bridgehead atoms. The summed E-state index contributed by atoms with van der Waals surface area (Å²) >= 11 is 0. The predicted octanol–water partition coefficient (Wildman–Crippen LogP) is 0.987. The average molecular weight is 229 g/mol. The lowest BCUT2D eigenvalue weighted by molar-refractivity contribution is -0.0272. The van der Waals surface area contributed by atoms with Gasteiger partial charge in [0.1, 0.15) is 5.60 Å². The summed E-state index contributed by atoms with van der Waals surface area (Å²) in [5, 5.41) is 3.83. The van der Waals surface area contributed by atoms with E-state index in [1.165, 1.54) is 0 Å². The van der Waals surface area contributed by atoms with Crippen LogP contribution in [0.3, 0.4) is 0 Å². The summed E-state index contributed by atoms with van der Waals surface area (Å²) in [4.78, 5) is 4.23. The number of hydrogen-bond donors (Lipinski definition) is 1. The Kier molecular flexibility index (Phi) is 4.40. The highest BCUT2D eigenvalue weighted by Gasteiger charge is 2.31. The fourth-order valence-corrected chi connectivity index (χ4v) is 1.24. The van der Waals surface area contributed by atoms with Crippen molar-refractivity contribution < 1.29 is 14.0 Å². The fraction of sp³-hybridized carbons (Fsp3) is 0.800. The molecular formula is C10H19N3O3. The summed E-state index contributed by atoms with van der Waals surface area (Å²) in [5.41, 5.74) is 5.24. The molecule has 2 N–H and O–H groups in total. The van der Waals surface area contributed by atoms with E-state index in [9.17, 15) is 0 Å². The van der Waals surface area contributed by atoms with Gasteiger partial charge in [0.25, 0.3) is 5.89 Å². The lowest BCUT2D eigenvalue weighted by Crippen LogP contribution is -2.24.